The minimum absolute atomic E-state index is 0.0222. The molecular weight excluding hydrogens is 1080 g/mol. The molecule has 0 radical (unpaired) electrons. The lowest BCUT2D eigenvalue weighted by molar-refractivity contribution is -0.870. The number of quaternary nitrogens is 1. The number of hydrogen-bond donors (Lipinski definition) is 3. The summed E-state index contributed by atoms with van der Waals surface area (Å²) in [5, 5.41) is 16.1. The van der Waals surface area contributed by atoms with Crippen LogP contribution in [0.3, 0.4) is 0 Å². The smallest absolute Gasteiger partial charge is 0.325 e. The van der Waals surface area contributed by atoms with E-state index < -0.39 is 83.4 Å². The van der Waals surface area contributed by atoms with E-state index in [0.717, 1.165) is 38.6 Å². The summed E-state index contributed by atoms with van der Waals surface area (Å²) < 4.78 is 25.9. The Kier molecular flexibility index (Phi) is 14.8. The Labute approximate surface area is 455 Å². The lowest BCUT2D eigenvalue weighted by atomic mass is 9.65. The van der Waals surface area contributed by atoms with Crippen LogP contribution < -0.4 is 15.4 Å². The van der Waals surface area contributed by atoms with E-state index in [1.54, 1.807) is 30.3 Å². The maximum atomic E-state index is 15.2. The van der Waals surface area contributed by atoms with Crippen LogP contribution in [0.5, 0.6) is 11.5 Å². The third-order valence-corrected chi connectivity index (χ3v) is 16.1. The molecule has 5 aliphatic rings. The van der Waals surface area contributed by atoms with Gasteiger partial charge in [-0.15, -0.1) is 0 Å². The Morgan fingerprint density at radius 3 is 2.16 bits per heavy atom. The normalized spacial score (nSPS) is 26.7. The fraction of sp³-hybridized carbons (Fsp3) is 0.356. The van der Waals surface area contributed by atoms with Gasteiger partial charge in [0.1, 0.15) is 66.9 Å². The minimum Gasteiger partial charge on any atom is -0.508 e. The van der Waals surface area contributed by atoms with Crippen molar-refractivity contribution >= 4 is 63.9 Å². The largest absolute Gasteiger partial charge is 0.508 e. The lowest BCUT2D eigenvalue weighted by Gasteiger charge is -2.46. The highest BCUT2D eigenvalue weighted by Gasteiger charge is 2.74. The number of unbranched alkanes of at least 4 members (excludes halogenated alkanes) is 1. The molecule has 0 bridgehead atoms. The van der Waals surface area contributed by atoms with Crippen LogP contribution in [0.1, 0.15) is 77.7 Å². The molecule has 1 spiro atoms. The monoisotopic (exact) mass is 1140 g/mol. The van der Waals surface area contributed by atoms with Gasteiger partial charge in [-0.2, -0.15) is 0 Å². The highest BCUT2D eigenvalue weighted by Crippen LogP contribution is 2.65. The number of anilines is 1. The van der Waals surface area contributed by atoms with Gasteiger partial charge in [0.2, 0.25) is 17.7 Å². The summed E-state index contributed by atoms with van der Waals surface area (Å²) in [4.78, 5) is 90.4. The lowest BCUT2D eigenvalue weighted by Crippen LogP contribution is -2.61. The molecule has 394 valence electrons. The van der Waals surface area contributed by atoms with E-state index in [4.69, 9.17) is 18.9 Å². The first-order chi connectivity index (χ1) is 36.6. The van der Waals surface area contributed by atoms with Gasteiger partial charge in [-0.05, 0) is 119 Å². The summed E-state index contributed by atoms with van der Waals surface area (Å²) in [6.07, 6.45) is 2.74. The molecule has 3 N–H and O–H groups in total. The fourth-order valence-electron chi connectivity index (χ4n) is 12.2. The number of ether oxygens (including phenoxy) is 4. The molecule has 0 aromatic heterocycles. The Morgan fingerprint density at radius 1 is 0.803 bits per heavy atom. The maximum absolute atomic E-state index is 15.2. The number of phenols is 1. The van der Waals surface area contributed by atoms with Crippen LogP contribution >= 0.6 is 22.6 Å². The van der Waals surface area contributed by atoms with E-state index >= 15 is 4.79 Å². The molecule has 3 amide bonds. The number of piperazine rings is 1. The first-order valence-electron chi connectivity index (χ1n) is 25.7. The Morgan fingerprint density at radius 2 is 1.47 bits per heavy atom. The van der Waals surface area contributed by atoms with Crippen molar-refractivity contribution in [3.8, 4) is 11.5 Å². The molecule has 76 heavy (non-hydrogen) atoms. The van der Waals surface area contributed by atoms with Crippen molar-refractivity contribution in [2.24, 2.45) is 11.8 Å². The number of carbonyl (C=O) groups excluding carboxylic acids is 6. The molecular formula is C59H61IN5O11+. The van der Waals surface area contributed by atoms with Gasteiger partial charge in [0.25, 0.3) is 0 Å². The maximum Gasteiger partial charge on any atom is 0.325 e. The fourth-order valence-corrected chi connectivity index (χ4v) is 12.7. The number of nitrogens with one attached hydrogen (secondary N) is 2. The van der Waals surface area contributed by atoms with Gasteiger partial charge < -0.3 is 44.1 Å². The van der Waals surface area contributed by atoms with E-state index in [1.165, 1.54) is 23.1 Å². The summed E-state index contributed by atoms with van der Waals surface area (Å²) in [6, 6.07) is 32.6. The number of carbonyl (C=O) groups is 6. The van der Waals surface area contributed by atoms with Crippen LogP contribution in [0.15, 0.2) is 140 Å². The number of benzene rings is 5. The predicted octanol–water partition coefficient (Wildman–Crippen LogP) is 7.25. The van der Waals surface area contributed by atoms with Crippen LogP contribution in [-0.4, -0.2) is 121 Å². The van der Waals surface area contributed by atoms with Gasteiger partial charge in [-0.25, -0.2) is 0 Å². The molecule has 0 aliphatic carbocycles. The van der Waals surface area contributed by atoms with E-state index in [2.05, 4.69) is 60.9 Å². The standard InChI is InChI=1S/C59H60IN5O11/c1-5-30-74-56(70)47-50-57(71)76-51(37-16-10-7-11-17-37)49(35-14-8-6-9-15-35)64(50)52(59(47)43-33-39(60)23-28-44(43)62-58(59)72)38-21-26-41(27-22-38)73-31-32-75-55(69)42-34-46-53(67)61-45(18-12-13-29-65(2,3)4)54(68)63(46)48(42)36-19-24-40(66)25-20-36/h5-11,14-17,19-28,33,42,45-52H,1,12-13,18,29-32,34H2,2-4H3,(H2-,61,62,66,67,72)/p+1/t42-,45+,46-,47+,48-,49+,50+,51-,52-,59+/m1/s1. The van der Waals surface area contributed by atoms with Crippen molar-refractivity contribution in [2.45, 2.75) is 73.5 Å². The van der Waals surface area contributed by atoms with E-state index in [-0.39, 0.29) is 43.8 Å². The molecule has 16 nitrogen and oxygen atoms in total. The third-order valence-electron chi connectivity index (χ3n) is 15.4. The average Bonchev–Trinajstić information content (AvgIpc) is 4.27. The highest BCUT2D eigenvalue weighted by atomic mass is 127. The second kappa shape index (κ2) is 21.5. The van der Waals surface area contributed by atoms with Crippen LogP contribution in [0.2, 0.25) is 0 Å². The first-order valence-corrected chi connectivity index (χ1v) is 26.8. The summed E-state index contributed by atoms with van der Waals surface area (Å²) >= 11 is 2.18. The Bertz CT molecular complexity index is 3030. The number of morpholine rings is 1. The summed E-state index contributed by atoms with van der Waals surface area (Å²) in [5.41, 5.74) is 2.08. The van der Waals surface area contributed by atoms with Crippen molar-refractivity contribution < 1.29 is 57.3 Å². The number of rotatable bonds is 17. The van der Waals surface area contributed by atoms with Crippen LogP contribution in [0, 0.1) is 15.4 Å². The number of amides is 3. The SMILES string of the molecule is C=CCOC(=O)[C@@H]1[C@H]2C(=O)O[C@H](c3ccccc3)[C@H](c3ccccc3)N2[C@H](c2ccc(OCCOC(=O)[C@@H]3C[C@@H]4C(=O)N[C@@H](CCCC[N+](C)(C)C)C(=O)N4[C@@H]3c3ccc(O)cc3)cc2)[C@@]12C(=O)Nc1ccc(I)cc12. The number of hydrogen-bond acceptors (Lipinski definition) is 12. The molecule has 0 saturated carbocycles. The van der Waals surface area contributed by atoms with Gasteiger partial charge in [0.15, 0.2) is 0 Å². The van der Waals surface area contributed by atoms with E-state index in [1.807, 2.05) is 89.8 Å². The zero-order valence-electron chi connectivity index (χ0n) is 42.5. The van der Waals surface area contributed by atoms with Gasteiger partial charge in [-0.1, -0.05) is 97.6 Å². The second-order valence-electron chi connectivity index (χ2n) is 21.1. The first kappa shape index (κ1) is 52.4. The molecule has 4 saturated heterocycles. The summed E-state index contributed by atoms with van der Waals surface area (Å²) in [5.74, 6) is -4.88. The van der Waals surface area contributed by atoms with Gasteiger partial charge in [0.05, 0.1) is 51.7 Å². The molecule has 5 heterocycles. The zero-order chi connectivity index (χ0) is 53.5. The quantitative estimate of drug-likeness (QED) is 0.0212. The van der Waals surface area contributed by atoms with Gasteiger partial charge in [0, 0.05) is 9.26 Å². The van der Waals surface area contributed by atoms with Crippen LogP contribution in [-0.2, 0) is 48.4 Å². The minimum atomic E-state index is -1.71. The van der Waals surface area contributed by atoms with Crippen molar-refractivity contribution in [1.82, 2.24) is 15.1 Å². The molecule has 5 aromatic rings. The van der Waals surface area contributed by atoms with Crippen molar-refractivity contribution in [1.29, 1.82) is 0 Å². The van der Waals surface area contributed by atoms with Crippen molar-refractivity contribution in [3.63, 3.8) is 0 Å². The highest BCUT2D eigenvalue weighted by molar-refractivity contribution is 14.1. The molecule has 5 aliphatic heterocycles. The zero-order valence-corrected chi connectivity index (χ0v) is 44.7. The molecule has 0 unspecified atom stereocenters. The van der Waals surface area contributed by atoms with Crippen molar-refractivity contribution in [2.75, 3.05) is 52.8 Å². The third kappa shape index (κ3) is 9.72. The number of halogens is 1. The number of nitrogens with zero attached hydrogens (tertiary/aromatic N) is 3. The topological polar surface area (TPSA) is 190 Å². The van der Waals surface area contributed by atoms with Crippen LogP contribution in [0.25, 0.3) is 0 Å². The number of cyclic esters (lactones) is 1. The molecule has 10 rings (SSSR count). The second-order valence-corrected chi connectivity index (χ2v) is 22.4. The summed E-state index contributed by atoms with van der Waals surface area (Å²) in [7, 11) is 6.32. The van der Waals surface area contributed by atoms with E-state index in [0.29, 0.717) is 34.5 Å². The number of fused-ring (bicyclic) bond motifs is 4. The average molecular weight is 1140 g/mol. The van der Waals surface area contributed by atoms with Gasteiger partial charge in [-0.3, -0.25) is 33.7 Å². The molecule has 17 heteroatoms. The molecule has 10 atom stereocenters. The number of phenolic OH excluding ortho intramolecular Hbond substituents is 1. The molecule has 4 fully saturated rings. The van der Waals surface area contributed by atoms with Crippen molar-refractivity contribution in [3.05, 3.63) is 171 Å². The Hall–Kier alpha value is -7.09. The summed E-state index contributed by atoms with van der Waals surface area (Å²) in [6.45, 7) is 4.29. The molecule has 5 aromatic carbocycles. The Balaban J connectivity index is 0.932. The number of aromatic hydroxyl groups is 1. The van der Waals surface area contributed by atoms with Crippen LogP contribution in [0.4, 0.5) is 5.69 Å². The number of esters is 3. The van der Waals surface area contributed by atoms with E-state index in [9.17, 15) is 29.1 Å². The van der Waals surface area contributed by atoms with Gasteiger partial charge >= 0.3 is 17.9 Å². The predicted molar refractivity (Wildman–Crippen MR) is 288 cm³/mol.